The summed E-state index contributed by atoms with van der Waals surface area (Å²) >= 11 is 0. The minimum absolute atomic E-state index is 0.133. The molecule has 14 nitrogen and oxygen atoms in total. The number of likely N-dealkylation sites (N-methyl/N-ethyl adjacent to an activating group) is 1. The van der Waals surface area contributed by atoms with Gasteiger partial charge in [-0.1, -0.05) is 56.2 Å². The molecular weight excluding hydrogens is 847 g/mol. The van der Waals surface area contributed by atoms with Crippen LogP contribution in [0.15, 0.2) is 72.4 Å². The fraction of sp³-hybridized carbons (Fsp3) is 0.472. The lowest BCUT2D eigenvalue weighted by Gasteiger charge is -2.36. The van der Waals surface area contributed by atoms with Crippen LogP contribution < -0.4 is 10.7 Å². The fourth-order valence-electron chi connectivity index (χ4n) is 10.3. The van der Waals surface area contributed by atoms with Gasteiger partial charge in [-0.3, -0.25) is 34.0 Å². The molecule has 4 amide bonds. The molecule has 67 heavy (non-hydrogen) atoms. The Bertz CT molecular complexity index is 2670. The highest BCUT2D eigenvalue weighted by molar-refractivity contribution is 5.97. The first kappa shape index (κ1) is 47.2. The largest absolute Gasteiger partial charge is 0.464 e. The number of hydrazine groups is 1. The third kappa shape index (κ3) is 9.90. The molecule has 5 atom stereocenters. The van der Waals surface area contributed by atoms with Crippen LogP contribution in [0.2, 0.25) is 0 Å². The summed E-state index contributed by atoms with van der Waals surface area (Å²) in [6.45, 7) is 8.88. The number of nitrogens with one attached hydrogen (secondary N) is 2. The van der Waals surface area contributed by atoms with Gasteiger partial charge in [0.15, 0.2) is 0 Å². The molecule has 2 N–H and O–H groups in total. The van der Waals surface area contributed by atoms with E-state index in [9.17, 15) is 24.0 Å². The first-order valence-electron chi connectivity index (χ1n) is 23.6. The quantitative estimate of drug-likeness (QED) is 0.122. The molecule has 2 fully saturated rings. The molecule has 8 rings (SSSR count). The van der Waals surface area contributed by atoms with Gasteiger partial charge in [0.05, 0.1) is 30.0 Å². The maximum atomic E-state index is 14.8. The van der Waals surface area contributed by atoms with Gasteiger partial charge in [0.25, 0.3) is 11.8 Å². The van der Waals surface area contributed by atoms with Gasteiger partial charge < -0.3 is 29.2 Å². The van der Waals surface area contributed by atoms with E-state index < -0.39 is 47.2 Å². The third-order valence-corrected chi connectivity index (χ3v) is 13.9. The normalized spacial score (nSPS) is 21.7. The van der Waals surface area contributed by atoms with Crippen molar-refractivity contribution in [2.75, 3.05) is 40.4 Å². The first-order valence-corrected chi connectivity index (χ1v) is 23.6. The van der Waals surface area contributed by atoms with Gasteiger partial charge in [0.1, 0.15) is 18.1 Å². The van der Waals surface area contributed by atoms with Crippen LogP contribution in [0.3, 0.4) is 0 Å². The topological polar surface area (TPSA) is 155 Å². The van der Waals surface area contributed by atoms with Crippen LogP contribution in [-0.4, -0.2) is 112 Å². The van der Waals surface area contributed by atoms with Gasteiger partial charge in [-0.25, -0.2) is 5.43 Å². The molecule has 0 spiro atoms. The van der Waals surface area contributed by atoms with Crippen LogP contribution in [0.25, 0.3) is 33.3 Å². The van der Waals surface area contributed by atoms with Crippen molar-refractivity contribution in [3.63, 3.8) is 0 Å². The van der Waals surface area contributed by atoms with Crippen molar-refractivity contribution < 1.29 is 33.4 Å². The third-order valence-electron chi connectivity index (χ3n) is 13.9. The lowest BCUT2D eigenvalue weighted by atomic mass is 9.84. The van der Waals surface area contributed by atoms with E-state index in [1.165, 1.54) is 9.91 Å². The van der Waals surface area contributed by atoms with Crippen molar-refractivity contribution >= 4 is 40.5 Å². The highest BCUT2D eigenvalue weighted by atomic mass is 16.5. The molecule has 352 valence electrons. The second kappa shape index (κ2) is 19.9. The second-order valence-corrected chi connectivity index (χ2v) is 19.3. The second-order valence-electron chi connectivity index (χ2n) is 19.3. The monoisotopic (exact) mass is 909 g/mol. The molecule has 0 radical (unpaired) electrons. The maximum absolute atomic E-state index is 14.8. The summed E-state index contributed by atoms with van der Waals surface area (Å²) in [4.78, 5) is 78.2. The Morgan fingerprint density at radius 2 is 1.85 bits per heavy atom. The van der Waals surface area contributed by atoms with Gasteiger partial charge in [0.2, 0.25) is 11.8 Å². The van der Waals surface area contributed by atoms with E-state index in [0.717, 1.165) is 68.5 Å². The Hall–Kier alpha value is -6.30. The number of likely N-dealkylation sites (tertiary alicyclic amines) is 1. The number of fused-ring (bicyclic) bond motifs is 6. The molecule has 14 heteroatoms. The number of benzene rings is 2. The number of ether oxygens (including phenoxy) is 2. The maximum Gasteiger partial charge on any atom is 0.324 e. The van der Waals surface area contributed by atoms with Crippen LogP contribution >= 0.6 is 0 Å². The summed E-state index contributed by atoms with van der Waals surface area (Å²) in [5.41, 5.74) is 11.2. The fourth-order valence-corrected chi connectivity index (χ4v) is 10.3. The Labute approximate surface area is 393 Å². The smallest absolute Gasteiger partial charge is 0.324 e. The van der Waals surface area contributed by atoms with Crippen LogP contribution in [0.1, 0.15) is 89.1 Å². The first-order chi connectivity index (χ1) is 32.2. The van der Waals surface area contributed by atoms with Gasteiger partial charge in [-0.2, -0.15) is 0 Å². The van der Waals surface area contributed by atoms with Crippen molar-refractivity contribution in [2.45, 2.75) is 103 Å². The minimum atomic E-state index is -1.06. The molecule has 5 heterocycles. The molecule has 0 unspecified atom stereocenters. The van der Waals surface area contributed by atoms with Crippen LogP contribution in [0.4, 0.5) is 0 Å². The highest BCUT2D eigenvalue weighted by Gasteiger charge is 2.41. The minimum Gasteiger partial charge on any atom is -0.464 e. The summed E-state index contributed by atoms with van der Waals surface area (Å²) in [7, 11) is 5.39. The summed E-state index contributed by atoms with van der Waals surface area (Å²) in [6, 6.07) is 15.7. The van der Waals surface area contributed by atoms with Gasteiger partial charge in [0, 0.05) is 75.3 Å². The lowest BCUT2D eigenvalue weighted by molar-refractivity contribution is -0.155. The zero-order valence-corrected chi connectivity index (χ0v) is 39.8. The zero-order valence-electron chi connectivity index (χ0n) is 39.8. The van der Waals surface area contributed by atoms with Crippen LogP contribution in [0, 0.1) is 23.2 Å². The zero-order chi connectivity index (χ0) is 47.6. The molecular formula is C53H63N7O7. The number of esters is 1. The Morgan fingerprint density at radius 1 is 1.04 bits per heavy atom. The number of aromatic nitrogens is 2. The van der Waals surface area contributed by atoms with Gasteiger partial charge in [-0.15, -0.1) is 0 Å². The average Bonchev–Trinajstić information content (AvgIpc) is 4.11. The highest BCUT2D eigenvalue weighted by Crippen LogP contribution is 2.41. The number of allylic oxidation sites excluding steroid dienone is 1. The van der Waals surface area contributed by atoms with Gasteiger partial charge >= 0.3 is 5.97 Å². The number of hydrogen-bond acceptors (Lipinski definition) is 9. The number of aryl methyl sites for hydroxylation is 1. The summed E-state index contributed by atoms with van der Waals surface area (Å²) in [6.07, 6.45) is 8.01. The number of carbonyl (C=O) groups excluding carboxylic acids is 5. The molecule has 6 bridgehead atoms. The van der Waals surface area contributed by atoms with Gasteiger partial charge in [-0.05, 0) is 117 Å². The Balaban J connectivity index is 1.17. The number of cyclic esters (lactones) is 1. The van der Waals surface area contributed by atoms with E-state index in [-0.39, 0.29) is 37.5 Å². The van der Waals surface area contributed by atoms with Crippen molar-refractivity contribution in [3.8, 4) is 34.2 Å². The number of amides is 4. The Kier molecular flexibility index (Phi) is 14.0. The molecule has 2 saturated heterocycles. The number of nitrogens with zero attached hydrogens (tertiary/aromatic N) is 5. The predicted octanol–water partition coefficient (Wildman–Crippen LogP) is 6.07. The molecule has 0 saturated carbocycles. The van der Waals surface area contributed by atoms with Crippen molar-refractivity contribution in [1.82, 2.24) is 35.1 Å². The van der Waals surface area contributed by atoms with E-state index >= 15 is 0 Å². The van der Waals surface area contributed by atoms with E-state index in [0.29, 0.717) is 45.2 Å². The molecule has 1 aliphatic carbocycles. The SMILES string of the molecule is CC#CC(=O)N1CC[C@H](C(=O)N(C)[C@H](C(=O)N[C@H]2Cc3cccc(c3)-c3ccc4c(c3)c(c(-c3cccnc3[C@H](C)OC)n4C)CC(C)(C)COC(=O)[C@@H]3CCCN(N3)C2=O)C2=CCCC2)C1. The molecule has 4 aromatic rings. The van der Waals surface area contributed by atoms with E-state index in [1.807, 2.05) is 31.2 Å². The number of hydrogen-bond donors (Lipinski definition) is 2. The van der Waals surface area contributed by atoms with Crippen molar-refractivity contribution in [3.05, 3.63) is 89.3 Å². The molecule has 4 aliphatic rings. The van der Waals surface area contributed by atoms with Crippen LogP contribution in [-0.2, 0) is 53.3 Å². The average molecular weight is 910 g/mol. The number of pyridine rings is 1. The lowest BCUT2D eigenvalue weighted by Crippen LogP contribution is -2.62. The van der Waals surface area contributed by atoms with E-state index in [4.69, 9.17) is 14.5 Å². The number of carbonyl (C=O) groups is 5. The number of rotatable bonds is 8. The van der Waals surface area contributed by atoms with Crippen LogP contribution in [0.5, 0.6) is 0 Å². The number of methoxy groups -OCH3 is 1. The van der Waals surface area contributed by atoms with Crippen molar-refractivity contribution in [2.24, 2.45) is 18.4 Å². The predicted molar refractivity (Wildman–Crippen MR) is 256 cm³/mol. The van der Waals surface area contributed by atoms with E-state index in [2.05, 4.69) is 84.4 Å². The molecule has 2 aromatic heterocycles. The Morgan fingerprint density at radius 3 is 2.61 bits per heavy atom. The molecule has 2 aromatic carbocycles. The summed E-state index contributed by atoms with van der Waals surface area (Å²) in [5.74, 6) is 2.84. The summed E-state index contributed by atoms with van der Waals surface area (Å²) in [5, 5.41) is 5.62. The van der Waals surface area contributed by atoms with E-state index in [1.54, 1.807) is 32.2 Å². The molecule has 3 aliphatic heterocycles. The van der Waals surface area contributed by atoms with Crippen molar-refractivity contribution in [1.29, 1.82) is 0 Å². The summed E-state index contributed by atoms with van der Waals surface area (Å²) < 4.78 is 14.1. The standard InChI is InChI=1S/C53H63N7O7/c1-8-14-45(61)59-26-23-38(31-59)50(63)58(6)47(35-16-9-10-17-35)49(62)55-43-28-34-15-11-18-36(27-34)37-21-22-44-40(29-37)41(48(57(44)5)39-19-12-24-54-46(39)33(2)66-7)30-53(3,4)32-67-52(65)42-20-13-25-60(56-42)51(43)64/h11-12,15-16,18-19,21-22,24,27,29,33,38,42-43,47,56H,9-10,13,17,20,23,25-26,28,30-32H2,1-7H3,(H,55,62)/t33-,38-,42-,43-,47-/m0/s1.